The zero-order valence-corrected chi connectivity index (χ0v) is 17.8. The van der Waals surface area contributed by atoms with E-state index < -0.39 is 0 Å². The van der Waals surface area contributed by atoms with Crippen molar-refractivity contribution in [1.29, 1.82) is 0 Å². The molecule has 32 heavy (non-hydrogen) atoms. The molecule has 0 bridgehead atoms. The van der Waals surface area contributed by atoms with Crippen molar-refractivity contribution in [3.8, 4) is 11.3 Å². The van der Waals surface area contributed by atoms with Crippen LogP contribution in [0.15, 0.2) is 91.0 Å². The highest BCUT2D eigenvalue weighted by atomic mass is 19.1. The number of halogens is 1. The highest BCUT2D eigenvalue weighted by Gasteiger charge is 2.24. The fourth-order valence-electron chi connectivity index (χ4n) is 5.02. The van der Waals surface area contributed by atoms with Gasteiger partial charge in [-0.15, -0.1) is 0 Å². The van der Waals surface area contributed by atoms with Crippen LogP contribution in [0.5, 0.6) is 0 Å². The molecule has 0 saturated carbocycles. The molecule has 1 aromatic heterocycles. The minimum atomic E-state index is -0.228. The Morgan fingerprint density at radius 2 is 1.66 bits per heavy atom. The van der Waals surface area contributed by atoms with Gasteiger partial charge in [-0.25, -0.2) is 9.37 Å². The number of benzene rings is 4. The van der Waals surface area contributed by atoms with Gasteiger partial charge in [0, 0.05) is 30.6 Å². The van der Waals surface area contributed by atoms with Gasteiger partial charge in [0.2, 0.25) is 0 Å². The van der Waals surface area contributed by atoms with E-state index in [1.54, 1.807) is 12.1 Å². The van der Waals surface area contributed by atoms with Crippen LogP contribution in [-0.4, -0.2) is 16.4 Å². The number of pyridine rings is 1. The summed E-state index contributed by atoms with van der Waals surface area (Å²) in [7, 11) is 0. The summed E-state index contributed by atoms with van der Waals surface area (Å²) in [5, 5.41) is 3.72. The first-order valence-electron chi connectivity index (χ1n) is 11.1. The van der Waals surface area contributed by atoms with Crippen molar-refractivity contribution in [3.63, 3.8) is 0 Å². The van der Waals surface area contributed by atoms with Gasteiger partial charge in [0.25, 0.3) is 0 Å². The molecule has 0 atom stereocenters. The molecule has 156 valence electrons. The first-order valence-corrected chi connectivity index (χ1v) is 11.1. The van der Waals surface area contributed by atoms with Gasteiger partial charge in [0.15, 0.2) is 0 Å². The molecule has 0 fully saturated rings. The third-order valence-corrected chi connectivity index (χ3v) is 6.50. The summed E-state index contributed by atoms with van der Waals surface area (Å²) in [6, 6.07) is 30.2. The maximum absolute atomic E-state index is 14.1. The number of fused-ring (bicyclic) bond motifs is 5. The predicted octanol–water partition coefficient (Wildman–Crippen LogP) is 6.75. The third kappa shape index (κ3) is 3.35. The van der Waals surface area contributed by atoms with E-state index in [2.05, 4.69) is 71.6 Å². The Bertz CT molecular complexity index is 1440. The second-order valence-electron chi connectivity index (χ2n) is 8.55. The monoisotopic (exact) mass is 418 g/mol. The molecular formula is C29H23FN2. The summed E-state index contributed by atoms with van der Waals surface area (Å²) < 4.78 is 14.1. The van der Waals surface area contributed by atoms with Crippen LogP contribution in [0.1, 0.15) is 16.7 Å². The number of aromatic nitrogens is 1. The minimum absolute atomic E-state index is 0.228. The normalized spacial score (nSPS) is 14.0. The highest BCUT2D eigenvalue weighted by Crippen LogP contribution is 2.37. The first-order chi connectivity index (χ1) is 15.8. The van der Waals surface area contributed by atoms with Crippen LogP contribution in [0, 0.1) is 5.82 Å². The molecule has 0 spiro atoms. The molecule has 2 heterocycles. The largest absolute Gasteiger partial charge is 0.294 e. The Kier molecular flexibility index (Phi) is 4.70. The van der Waals surface area contributed by atoms with Crippen molar-refractivity contribution in [2.75, 3.05) is 6.54 Å². The lowest BCUT2D eigenvalue weighted by atomic mass is 9.89. The van der Waals surface area contributed by atoms with Crippen LogP contribution >= 0.6 is 0 Å². The first kappa shape index (κ1) is 19.1. The summed E-state index contributed by atoms with van der Waals surface area (Å²) >= 11 is 0. The van der Waals surface area contributed by atoms with Crippen LogP contribution < -0.4 is 0 Å². The molecule has 0 saturated heterocycles. The summed E-state index contributed by atoms with van der Waals surface area (Å²) in [5.41, 5.74) is 6.62. The van der Waals surface area contributed by atoms with Crippen molar-refractivity contribution in [3.05, 3.63) is 114 Å². The van der Waals surface area contributed by atoms with E-state index in [1.165, 1.54) is 38.9 Å². The van der Waals surface area contributed by atoms with Crippen LogP contribution in [0.2, 0.25) is 0 Å². The van der Waals surface area contributed by atoms with Crippen LogP contribution in [0.25, 0.3) is 32.9 Å². The Morgan fingerprint density at radius 3 is 2.53 bits per heavy atom. The molecule has 5 aromatic rings. The molecule has 2 nitrogen and oxygen atoms in total. The number of nitrogens with zero attached hydrogens (tertiary/aromatic N) is 2. The third-order valence-electron chi connectivity index (χ3n) is 6.50. The molecule has 0 N–H and O–H groups in total. The van der Waals surface area contributed by atoms with E-state index in [4.69, 9.17) is 4.98 Å². The molecule has 3 heteroatoms. The second-order valence-corrected chi connectivity index (χ2v) is 8.55. The van der Waals surface area contributed by atoms with Crippen molar-refractivity contribution in [1.82, 2.24) is 9.88 Å². The molecule has 0 radical (unpaired) electrons. The summed E-state index contributed by atoms with van der Waals surface area (Å²) in [6.45, 7) is 2.70. The van der Waals surface area contributed by atoms with Gasteiger partial charge in [-0.05, 0) is 52.1 Å². The maximum Gasteiger partial charge on any atom is 0.123 e. The number of hydrogen-bond acceptors (Lipinski definition) is 2. The SMILES string of the molecule is Fc1cccc(-c2nc3ccc4ccccc4c3c3c2CN(Cc2ccccc2)CC3)c1. The van der Waals surface area contributed by atoms with Gasteiger partial charge in [0.1, 0.15) is 5.82 Å². The van der Waals surface area contributed by atoms with E-state index in [0.717, 1.165) is 42.8 Å². The second kappa shape index (κ2) is 7.85. The van der Waals surface area contributed by atoms with E-state index in [1.807, 2.05) is 6.07 Å². The number of rotatable bonds is 3. The Morgan fingerprint density at radius 1 is 0.812 bits per heavy atom. The van der Waals surface area contributed by atoms with E-state index in [0.29, 0.717) is 0 Å². The average molecular weight is 419 g/mol. The Hall–Kier alpha value is -3.56. The zero-order chi connectivity index (χ0) is 21.5. The lowest BCUT2D eigenvalue weighted by Gasteiger charge is -2.31. The Balaban J connectivity index is 1.56. The standard InChI is InChI=1S/C29H23FN2/c30-23-11-6-10-22(17-23)29-26-19-32(18-20-7-2-1-3-8-20)16-15-25(26)28-24-12-5-4-9-21(24)13-14-27(28)31-29/h1-14,17H,15-16,18-19H2. The molecule has 1 aliphatic rings. The van der Waals surface area contributed by atoms with Crippen LogP contribution in [-0.2, 0) is 19.5 Å². The molecule has 6 rings (SSSR count). The maximum atomic E-state index is 14.1. The molecular weight excluding hydrogens is 395 g/mol. The van der Waals surface area contributed by atoms with Gasteiger partial charge < -0.3 is 0 Å². The number of hydrogen-bond donors (Lipinski definition) is 0. The fourth-order valence-corrected chi connectivity index (χ4v) is 5.02. The Labute approximate surface area is 187 Å². The van der Waals surface area contributed by atoms with Gasteiger partial charge >= 0.3 is 0 Å². The van der Waals surface area contributed by atoms with Gasteiger partial charge in [-0.3, -0.25) is 4.90 Å². The molecule has 4 aromatic carbocycles. The molecule has 1 aliphatic heterocycles. The van der Waals surface area contributed by atoms with Gasteiger partial charge in [0.05, 0.1) is 11.2 Å². The topological polar surface area (TPSA) is 16.1 Å². The fraction of sp³-hybridized carbons (Fsp3) is 0.138. The smallest absolute Gasteiger partial charge is 0.123 e. The van der Waals surface area contributed by atoms with Crippen molar-refractivity contribution in [2.45, 2.75) is 19.5 Å². The van der Waals surface area contributed by atoms with Crippen molar-refractivity contribution in [2.24, 2.45) is 0 Å². The lowest BCUT2D eigenvalue weighted by Crippen LogP contribution is -2.31. The van der Waals surface area contributed by atoms with Crippen LogP contribution in [0.4, 0.5) is 4.39 Å². The summed E-state index contributed by atoms with van der Waals surface area (Å²) in [4.78, 5) is 7.57. The van der Waals surface area contributed by atoms with E-state index in [-0.39, 0.29) is 5.82 Å². The summed E-state index contributed by atoms with van der Waals surface area (Å²) in [5.74, 6) is -0.228. The highest BCUT2D eigenvalue weighted by molar-refractivity contribution is 6.09. The minimum Gasteiger partial charge on any atom is -0.294 e. The van der Waals surface area contributed by atoms with E-state index in [9.17, 15) is 4.39 Å². The van der Waals surface area contributed by atoms with Crippen LogP contribution in [0.3, 0.4) is 0 Å². The predicted molar refractivity (Wildman–Crippen MR) is 129 cm³/mol. The average Bonchev–Trinajstić information content (AvgIpc) is 2.84. The summed E-state index contributed by atoms with van der Waals surface area (Å²) in [6.07, 6.45) is 0.956. The lowest BCUT2D eigenvalue weighted by molar-refractivity contribution is 0.246. The zero-order valence-electron chi connectivity index (χ0n) is 17.8. The van der Waals surface area contributed by atoms with Crippen molar-refractivity contribution < 1.29 is 4.39 Å². The molecule has 0 unspecified atom stereocenters. The van der Waals surface area contributed by atoms with Crippen molar-refractivity contribution >= 4 is 21.7 Å². The van der Waals surface area contributed by atoms with Gasteiger partial charge in [-0.2, -0.15) is 0 Å². The quantitative estimate of drug-likeness (QED) is 0.301. The van der Waals surface area contributed by atoms with E-state index >= 15 is 0 Å². The molecule has 0 aliphatic carbocycles. The van der Waals surface area contributed by atoms with Gasteiger partial charge in [-0.1, -0.05) is 72.8 Å². The molecule has 0 amide bonds.